The summed E-state index contributed by atoms with van der Waals surface area (Å²) in [5, 5.41) is 0.660. The van der Waals surface area contributed by atoms with Crippen molar-refractivity contribution < 1.29 is 4.42 Å². The van der Waals surface area contributed by atoms with Crippen LogP contribution in [-0.2, 0) is 0 Å². The highest BCUT2D eigenvalue weighted by molar-refractivity contribution is 6.33. The number of hydrogen-bond acceptors (Lipinski definition) is 2. The number of halogens is 1. The van der Waals surface area contributed by atoms with Crippen LogP contribution in [0.3, 0.4) is 0 Å². The number of nitrogens with zero attached hydrogens (tertiary/aromatic N) is 1. The molecule has 0 fully saturated rings. The number of rotatable bonds is 1. The van der Waals surface area contributed by atoms with Crippen molar-refractivity contribution >= 4 is 11.6 Å². The maximum atomic E-state index is 5.99. The van der Waals surface area contributed by atoms with Gasteiger partial charge in [0.1, 0.15) is 6.26 Å². The molecule has 3 heteroatoms. The molecule has 1 aromatic heterocycles. The molecule has 1 heterocycles. The third-order valence-electron chi connectivity index (χ3n) is 1.78. The first-order valence-electron chi connectivity index (χ1n) is 3.93. The SMILES string of the molecule is Cc1ccc(Cl)c(-c2ncco2)c1. The summed E-state index contributed by atoms with van der Waals surface area (Å²) in [6, 6.07) is 5.75. The van der Waals surface area contributed by atoms with Crippen molar-refractivity contribution in [2.45, 2.75) is 6.92 Å². The number of aryl methyl sites for hydroxylation is 1. The fourth-order valence-electron chi connectivity index (χ4n) is 1.16. The summed E-state index contributed by atoms with van der Waals surface area (Å²) in [4.78, 5) is 4.04. The molecule has 13 heavy (non-hydrogen) atoms. The van der Waals surface area contributed by atoms with Gasteiger partial charge in [-0.15, -0.1) is 0 Å². The van der Waals surface area contributed by atoms with E-state index < -0.39 is 0 Å². The second-order valence-corrected chi connectivity index (χ2v) is 3.23. The van der Waals surface area contributed by atoms with Gasteiger partial charge in [0.2, 0.25) is 5.89 Å². The lowest BCUT2D eigenvalue weighted by molar-refractivity contribution is 0.574. The predicted molar refractivity (Wildman–Crippen MR) is 51.7 cm³/mol. The Bertz CT molecular complexity index is 409. The molecule has 0 bridgehead atoms. The van der Waals surface area contributed by atoms with Crippen molar-refractivity contribution in [3.05, 3.63) is 41.2 Å². The van der Waals surface area contributed by atoms with Crippen molar-refractivity contribution in [2.75, 3.05) is 0 Å². The minimum Gasteiger partial charge on any atom is -0.444 e. The van der Waals surface area contributed by atoms with Gasteiger partial charge in [0.05, 0.1) is 16.8 Å². The smallest absolute Gasteiger partial charge is 0.227 e. The maximum Gasteiger partial charge on any atom is 0.227 e. The number of hydrogen-bond donors (Lipinski definition) is 0. The molecule has 0 aliphatic rings. The van der Waals surface area contributed by atoms with Crippen molar-refractivity contribution in [2.24, 2.45) is 0 Å². The van der Waals surface area contributed by atoms with E-state index in [1.54, 1.807) is 6.20 Å². The van der Waals surface area contributed by atoms with E-state index in [9.17, 15) is 0 Å². The standard InChI is InChI=1S/C10H8ClNO/c1-7-2-3-9(11)8(6-7)10-12-4-5-13-10/h2-6H,1H3. The average Bonchev–Trinajstić information content (AvgIpc) is 2.61. The van der Waals surface area contributed by atoms with Gasteiger partial charge < -0.3 is 4.42 Å². The zero-order valence-electron chi connectivity index (χ0n) is 7.12. The van der Waals surface area contributed by atoms with Crippen molar-refractivity contribution in [3.63, 3.8) is 0 Å². The largest absolute Gasteiger partial charge is 0.444 e. The Morgan fingerprint density at radius 2 is 2.23 bits per heavy atom. The Labute approximate surface area is 81.2 Å². The van der Waals surface area contributed by atoms with E-state index in [0.29, 0.717) is 10.9 Å². The van der Waals surface area contributed by atoms with Gasteiger partial charge in [-0.25, -0.2) is 4.98 Å². The van der Waals surface area contributed by atoms with Crippen molar-refractivity contribution in [3.8, 4) is 11.5 Å². The van der Waals surface area contributed by atoms with Crippen LogP contribution in [0.15, 0.2) is 35.1 Å². The second kappa shape index (κ2) is 3.23. The quantitative estimate of drug-likeness (QED) is 0.695. The Balaban J connectivity index is 2.57. The van der Waals surface area contributed by atoms with E-state index in [0.717, 1.165) is 11.1 Å². The van der Waals surface area contributed by atoms with E-state index in [2.05, 4.69) is 4.98 Å². The second-order valence-electron chi connectivity index (χ2n) is 2.82. The highest BCUT2D eigenvalue weighted by Crippen LogP contribution is 2.27. The summed E-state index contributed by atoms with van der Waals surface area (Å²) in [6.07, 6.45) is 3.14. The average molecular weight is 194 g/mol. The van der Waals surface area contributed by atoms with Crippen LogP contribution in [0.2, 0.25) is 5.02 Å². The van der Waals surface area contributed by atoms with E-state index in [-0.39, 0.29) is 0 Å². The molecule has 0 aliphatic heterocycles. The van der Waals surface area contributed by atoms with E-state index in [1.807, 2.05) is 25.1 Å². The van der Waals surface area contributed by atoms with Crippen molar-refractivity contribution in [1.82, 2.24) is 4.98 Å². The van der Waals surface area contributed by atoms with E-state index in [4.69, 9.17) is 16.0 Å². The molecule has 2 aromatic rings. The lowest BCUT2D eigenvalue weighted by atomic mass is 10.1. The predicted octanol–water partition coefficient (Wildman–Crippen LogP) is 3.30. The zero-order valence-corrected chi connectivity index (χ0v) is 7.88. The van der Waals surface area contributed by atoms with Crippen LogP contribution in [-0.4, -0.2) is 4.98 Å². The van der Waals surface area contributed by atoms with Gasteiger partial charge >= 0.3 is 0 Å². The Morgan fingerprint density at radius 3 is 2.92 bits per heavy atom. The first-order chi connectivity index (χ1) is 6.27. The highest BCUT2D eigenvalue weighted by atomic mass is 35.5. The lowest BCUT2D eigenvalue weighted by Gasteiger charge is -2.00. The molecule has 2 nitrogen and oxygen atoms in total. The van der Waals surface area contributed by atoms with Gasteiger partial charge in [-0.05, 0) is 19.1 Å². The zero-order chi connectivity index (χ0) is 9.26. The monoisotopic (exact) mass is 193 g/mol. The molecule has 2 rings (SSSR count). The molecule has 0 atom stereocenters. The van der Waals surface area contributed by atoms with E-state index in [1.165, 1.54) is 6.26 Å². The summed E-state index contributed by atoms with van der Waals surface area (Å²) < 4.78 is 5.16. The summed E-state index contributed by atoms with van der Waals surface area (Å²) in [6.45, 7) is 2.00. The molecule has 0 saturated carbocycles. The highest BCUT2D eigenvalue weighted by Gasteiger charge is 2.06. The van der Waals surface area contributed by atoms with Crippen LogP contribution in [0.4, 0.5) is 0 Å². The molecule has 1 aromatic carbocycles. The van der Waals surface area contributed by atoms with Crippen LogP contribution in [0.1, 0.15) is 5.56 Å². The number of aromatic nitrogens is 1. The van der Waals surface area contributed by atoms with Gasteiger partial charge in [-0.2, -0.15) is 0 Å². The third-order valence-corrected chi connectivity index (χ3v) is 2.11. The Kier molecular flexibility index (Phi) is 2.07. The summed E-state index contributed by atoms with van der Waals surface area (Å²) >= 11 is 5.99. The third kappa shape index (κ3) is 1.58. The normalized spacial score (nSPS) is 10.3. The van der Waals surface area contributed by atoms with Crippen LogP contribution in [0, 0.1) is 6.92 Å². The van der Waals surface area contributed by atoms with Crippen LogP contribution in [0.5, 0.6) is 0 Å². The first kappa shape index (κ1) is 8.32. The van der Waals surface area contributed by atoms with E-state index >= 15 is 0 Å². The fourth-order valence-corrected chi connectivity index (χ4v) is 1.36. The van der Waals surface area contributed by atoms with Crippen LogP contribution in [0.25, 0.3) is 11.5 Å². The molecule has 66 valence electrons. The summed E-state index contributed by atoms with van der Waals surface area (Å²) in [7, 11) is 0. The number of oxazole rings is 1. The first-order valence-corrected chi connectivity index (χ1v) is 4.31. The Hall–Kier alpha value is -1.28. The topological polar surface area (TPSA) is 26.0 Å². The van der Waals surface area contributed by atoms with Gasteiger partial charge in [0, 0.05) is 0 Å². The van der Waals surface area contributed by atoms with Gasteiger partial charge in [0.25, 0.3) is 0 Å². The summed E-state index contributed by atoms with van der Waals surface area (Å²) in [5.41, 5.74) is 1.98. The van der Waals surface area contributed by atoms with Crippen molar-refractivity contribution in [1.29, 1.82) is 0 Å². The van der Waals surface area contributed by atoms with Crippen LogP contribution < -0.4 is 0 Å². The summed E-state index contributed by atoms with van der Waals surface area (Å²) in [5.74, 6) is 0.564. The molecule has 0 amide bonds. The molecule has 0 radical (unpaired) electrons. The Morgan fingerprint density at radius 1 is 1.38 bits per heavy atom. The van der Waals surface area contributed by atoms with Gasteiger partial charge in [-0.3, -0.25) is 0 Å². The molecular formula is C10H8ClNO. The fraction of sp³-hybridized carbons (Fsp3) is 0.100. The molecule has 0 spiro atoms. The maximum absolute atomic E-state index is 5.99. The minimum absolute atomic E-state index is 0.564. The number of benzene rings is 1. The molecule has 0 N–H and O–H groups in total. The van der Waals surface area contributed by atoms with Crippen LogP contribution >= 0.6 is 11.6 Å². The van der Waals surface area contributed by atoms with Gasteiger partial charge in [0.15, 0.2) is 0 Å². The lowest BCUT2D eigenvalue weighted by Crippen LogP contribution is -1.80. The van der Waals surface area contributed by atoms with Gasteiger partial charge in [-0.1, -0.05) is 23.2 Å². The molecular weight excluding hydrogens is 186 g/mol. The minimum atomic E-state index is 0.564. The molecule has 0 unspecified atom stereocenters. The molecule has 0 saturated heterocycles. The molecule has 0 aliphatic carbocycles.